The monoisotopic (exact) mass is 418 g/mol. The van der Waals surface area contributed by atoms with Crippen molar-refractivity contribution in [3.05, 3.63) is 41.7 Å². The lowest BCUT2D eigenvalue weighted by molar-refractivity contribution is -0.145. The molecule has 2 amide bonds. The van der Waals surface area contributed by atoms with Crippen LogP contribution in [0.1, 0.15) is 37.1 Å². The predicted molar refractivity (Wildman–Crippen MR) is 104 cm³/mol. The fourth-order valence-electron chi connectivity index (χ4n) is 2.59. The number of imide groups is 1. The zero-order chi connectivity index (χ0) is 20.6. The number of aromatic nitrogens is 3. The average Bonchev–Trinajstić information content (AvgIpc) is 3.47. The molecule has 0 spiro atoms. The van der Waals surface area contributed by atoms with E-state index in [0.717, 1.165) is 24.2 Å². The number of nitrogens with one attached hydrogen (secondary N) is 1. The average molecular weight is 418 g/mol. The van der Waals surface area contributed by atoms with E-state index in [9.17, 15) is 14.4 Å². The van der Waals surface area contributed by atoms with Crippen LogP contribution in [0.25, 0.3) is 0 Å². The van der Waals surface area contributed by atoms with Gasteiger partial charge in [-0.05, 0) is 25.3 Å². The molecule has 3 rings (SSSR count). The van der Waals surface area contributed by atoms with Crippen molar-refractivity contribution >= 4 is 29.7 Å². The van der Waals surface area contributed by atoms with Gasteiger partial charge < -0.3 is 14.0 Å². The summed E-state index contributed by atoms with van der Waals surface area (Å²) in [6.07, 6.45) is 1.31. The molecule has 0 radical (unpaired) electrons. The fourth-order valence-corrected chi connectivity index (χ4v) is 3.34. The van der Waals surface area contributed by atoms with Crippen molar-refractivity contribution in [1.29, 1.82) is 0 Å². The SMILES string of the molecule is CCOC(=O)NC(=O)COC(=O)CSc1nnc(C2CC2)n1Cc1ccccc1. The summed E-state index contributed by atoms with van der Waals surface area (Å²) in [5.74, 6) is -0.0106. The Labute approximate surface area is 172 Å². The summed E-state index contributed by atoms with van der Waals surface area (Å²) in [6, 6.07) is 9.97. The fraction of sp³-hybridized carbons (Fsp3) is 0.421. The van der Waals surface area contributed by atoms with Gasteiger partial charge in [0.15, 0.2) is 11.8 Å². The summed E-state index contributed by atoms with van der Waals surface area (Å²) in [7, 11) is 0. The van der Waals surface area contributed by atoms with Crippen LogP contribution in [0.15, 0.2) is 35.5 Å². The number of ether oxygens (including phenoxy) is 2. The van der Waals surface area contributed by atoms with E-state index in [1.165, 1.54) is 11.8 Å². The highest BCUT2D eigenvalue weighted by atomic mass is 32.2. The van der Waals surface area contributed by atoms with E-state index >= 15 is 0 Å². The first-order chi connectivity index (χ1) is 14.1. The minimum Gasteiger partial charge on any atom is -0.455 e. The van der Waals surface area contributed by atoms with E-state index < -0.39 is 24.6 Å². The van der Waals surface area contributed by atoms with E-state index in [1.807, 2.05) is 40.2 Å². The largest absolute Gasteiger partial charge is 0.455 e. The van der Waals surface area contributed by atoms with Gasteiger partial charge in [0.1, 0.15) is 5.82 Å². The number of hydrogen-bond acceptors (Lipinski definition) is 8. The third-order valence-electron chi connectivity index (χ3n) is 4.07. The number of nitrogens with zero attached hydrogens (tertiary/aromatic N) is 3. The summed E-state index contributed by atoms with van der Waals surface area (Å²) in [4.78, 5) is 34.6. The molecule has 1 N–H and O–H groups in total. The molecule has 0 bridgehead atoms. The maximum absolute atomic E-state index is 12.0. The number of esters is 1. The normalized spacial score (nSPS) is 13.0. The van der Waals surface area contributed by atoms with Gasteiger partial charge in [0.2, 0.25) is 0 Å². The smallest absolute Gasteiger partial charge is 0.413 e. The molecule has 1 aromatic heterocycles. The summed E-state index contributed by atoms with van der Waals surface area (Å²) in [5, 5.41) is 11.1. The second kappa shape index (κ2) is 10.1. The molecule has 1 aliphatic rings. The first-order valence-electron chi connectivity index (χ1n) is 9.29. The Balaban J connectivity index is 1.53. The topological polar surface area (TPSA) is 112 Å². The highest BCUT2D eigenvalue weighted by molar-refractivity contribution is 7.99. The lowest BCUT2D eigenvalue weighted by Crippen LogP contribution is -2.34. The van der Waals surface area contributed by atoms with Gasteiger partial charge in [0.25, 0.3) is 5.91 Å². The Morgan fingerprint density at radius 1 is 1.17 bits per heavy atom. The van der Waals surface area contributed by atoms with Crippen LogP contribution in [0.3, 0.4) is 0 Å². The molecule has 1 saturated carbocycles. The van der Waals surface area contributed by atoms with Crippen molar-refractivity contribution in [3.8, 4) is 0 Å². The second-order valence-corrected chi connectivity index (χ2v) is 7.35. The molecule has 1 aromatic carbocycles. The van der Waals surface area contributed by atoms with Crippen molar-refractivity contribution in [2.24, 2.45) is 0 Å². The van der Waals surface area contributed by atoms with Crippen molar-refractivity contribution in [2.75, 3.05) is 19.0 Å². The number of carbonyl (C=O) groups excluding carboxylic acids is 3. The van der Waals surface area contributed by atoms with Crippen LogP contribution in [-0.4, -0.2) is 51.7 Å². The molecule has 29 heavy (non-hydrogen) atoms. The highest BCUT2D eigenvalue weighted by Gasteiger charge is 2.30. The van der Waals surface area contributed by atoms with E-state index in [1.54, 1.807) is 6.92 Å². The molecule has 2 aromatic rings. The Kier molecular flexibility index (Phi) is 7.23. The highest BCUT2D eigenvalue weighted by Crippen LogP contribution is 2.40. The zero-order valence-electron chi connectivity index (χ0n) is 16.0. The van der Waals surface area contributed by atoms with Crippen LogP contribution in [0.4, 0.5) is 4.79 Å². The number of thioether (sulfide) groups is 1. The molecule has 0 unspecified atom stereocenters. The van der Waals surface area contributed by atoms with Crippen LogP contribution in [0, 0.1) is 0 Å². The Morgan fingerprint density at radius 3 is 2.62 bits per heavy atom. The number of carbonyl (C=O) groups is 3. The summed E-state index contributed by atoms with van der Waals surface area (Å²) in [5.41, 5.74) is 1.12. The minimum atomic E-state index is -0.871. The molecule has 0 saturated heterocycles. The third kappa shape index (κ3) is 6.31. The molecule has 1 aliphatic carbocycles. The zero-order valence-corrected chi connectivity index (χ0v) is 16.8. The first-order valence-corrected chi connectivity index (χ1v) is 10.3. The van der Waals surface area contributed by atoms with Crippen LogP contribution in [0.5, 0.6) is 0 Å². The Hall–Kier alpha value is -2.88. The number of hydrogen-bond donors (Lipinski definition) is 1. The molecule has 0 atom stereocenters. The molecule has 10 heteroatoms. The predicted octanol–water partition coefficient (Wildman–Crippen LogP) is 2.11. The van der Waals surface area contributed by atoms with Crippen LogP contribution >= 0.6 is 11.8 Å². The summed E-state index contributed by atoms with van der Waals surface area (Å²) in [6.45, 7) is 1.83. The quantitative estimate of drug-likeness (QED) is 0.487. The molecule has 1 fully saturated rings. The van der Waals surface area contributed by atoms with E-state index in [4.69, 9.17) is 4.74 Å². The number of benzene rings is 1. The van der Waals surface area contributed by atoms with Gasteiger partial charge in [-0.1, -0.05) is 42.1 Å². The standard InChI is InChI=1S/C19H22N4O5S/c1-2-27-19(26)20-15(24)11-28-16(25)12-29-18-22-21-17(14-8-9-14)23(18)10-13-6-4-3-5-7-13/h3-7,14H,2,8-12H2,1H3,(H,20,24,26). The van der Waals surface area contributed by atoms with E-state index in [0.29, 0.717) is 17.6 Å². The molecular weight excluding hydrogens is 396 g/mol. The maximum Gasteiger partial charge on any atom is 0.413 e. The van der Waals surface area contributed by atoms with Crippen molar-refractivity contribution in [3.63, 3.8) is 0 Å². The summed E-state index contributed by atoms with van der Waals surface area (Å²) < 4.78 is 11.5. The lowest BCUT2D eigenvalue weighted by Gasteiger charge is -2.10. The van der Waals surface area contributed by atoms with Crippen LogP contribution in [0.2, 0.25) is 0 Å². The number of alkyl carbamates (subject to hydrolysis) is 1. The van der Waals surface area contributed by atoms with Crippen LogP contribution < -0.4 is 5.32 Å². The van der Waals surface area contributed by atoms with Gasteiger partial charge in [-0.3, -0.25) is 14.9 Å². The third-order valence-corrected chi connectivity index (χ3v) is 5.01. The number of rotatable bonds is 9. The lowest BCUT2D eigenvalue weighted by atomic mass is 10.2. The second-order valence-electron chi connectivity index (χ2n) is 6.40. The van der Waals surface area contributed by atoms with Gasteiger partial charge in [0, 0.05) is 5.92 Å². The molecule has 9 nitrogen and oxygen atoms in total. The van der Waals surface area contributed by atoms with Gasteiger partial charge in [0.05, 0.1) is 18.9 Å². The van der Waals surface area contributed by atoms with Crippen molar-refractivity contribution in [2.45, 2.75) is 37.4 Å². The molecule has 154 valence electrons. The first kappa shape index (κ1) is 20.8. The molecular formula is C19H22N4O5S. The minimum absolute atomic E-state index is 0.0235. The van der Waals surface area contributed by atoms with E-state index in [2.05, 4.69) is 14.9 Å². The van der Waals surface area contributed by atoms with Gasteiger partial charge in [-0.15, -0.1) is 10.2 Å². The Morgan fingerprint density at radius 2 is 1.93 bits per heavy atom. The van der Waals surface area contributed by atoms with Crippen molar-refractivity contribution < 1.29 is 23.9 Å². The Bertz CT molecular complexity index is 867. The summed E-state index contributed by atoms with van der Waals surface area (Å²) >= 11 is 1.21. The molecule has 1 heterocycles. The van der Waals surface area contributed by atoms with Gasteiger partial charge in [-0.2, -0.15) is 0 Å². The van der Waals surface area contributed by atoms with Crippen molar-refractivity contribution in [1.82, 2.24) is 20.1 Å². The number of amides is 2. The van der Waals surface area contributed by atoms with Crippen LogP contribution in [-0.2, 0) is 25.6 Å². The van der Waals surface area contributed by atoms with Gasteiger partial charge in [-0.25, -0.2) is 4.79 Å². The van der Waals surface area contributed by atoms with Gasteiger partial charge >= 0.3 is 12.1 Å². The maximum atomic E-state index is 12.0. The molecule has 0 aliphatic heterocycles. The van der Waals surface area contributed by atoms with E-state index in [-0.39, 0.29) is 12.4 Å².